The van der Waals surface area contributed by atoms with Crippen LogP contribution >= 0.6 is 0 Å². The zero-order valence-corrected chi connectivity index (χ0v) is 23.2. The molecule has 4 aromatic rings. The summed E-state index contributed by atoms with van der Waals surface area (Å²) in [6.07, 6.45) is 3.00. The molecule has 3 heterocycles. The van der Waals surface area contributed by atoms with Crippen LogP contribution in [0.15, 0.2) is 48.7 Å². The number of nitrogens with two attached hydrogens (primary N) is 1. The first-order chi connectivity index (χ1) is 18.1. The highest BCUT2D eigenvalue weighted by molar-refractivity contribution is 5.91. The highest BCUT2D eigenvalue weighted by Gasteiger charge is 2.28. The van der Waals surface area contributed by atoms with E-state index in [1.165, 1.54) is 11.3 Å². The molecule has 38 heavy (non-hydrogen) atoms. The summed E-state index contributed by atoms with van der Waals surface area (Å²) in [5, 5.41) is 0. The lowest BCUT2D eigenvalue weighted by Gasteiger charge is -2.42. The van der Waals surface area contributed by atoms with Gasteiger partial charge in [0, 0.05) is 44.0 Å². The second kappa shape index (κ2) is 10.3. The quantitative estimate of drug-likeness (QED) is 0.376. The highest BCUT2D eigenvalue weighted by Crippen LogP contribution is 2.31. The first-order valence-electron chi connectivity index (χ1n) is 13.5. The molecule has 1 aliphatic rings. The molecule has 0 saturated carbocycles. The predicted octanol–water partition coefficient (Wildman–Crippen LogP) is 4.62. The molecule has 8 nitrogen and oxygen atoms in total. The SMILES string of the molecule is CC[C@H]1CN(c2cccc3nc(-c4ccc(C(C)(C)C)cc4)[nH]c23)CCN1Cc1cn(CC(N)=O)c(C)n1. The van der Waals surface area contributed by atoms with Gasteiger partial charge in [-0.1, -0.05) is 58.0 Å². The van der Waals surface area contributed by atoms with Gasteiger partial charge in [-0.15, -0.1) is 0 Å². The van der Waals surface area contributed by atoms with Crippen LogP contribution in [0.1, 0.15) is 51.2 Å². The van der Waals surface area contributed by atoms with Crippen LogP contribution < -0.4 is 10.6 Å². The standard InChI is InChI=1S/C30H39N7O/c1-6-24-18-36(15-14-35(24)16-23-17-37(19-27(31)38)20(2)32-23)26-9-7-8-25-28(26)34-29(33-25)21-10-12-22(13-11-21)30(3,4)5/h7-13,17,24H,6,14-16,18-19H2,1-5H3,(H2,31,38)(H,33,34)/t24-/m0/s1. The summed E-state index contributed by atoms with van der Waals surface area (Å²) in [4.78, 5) is 29.6. The number of nitrogens with zero attached hydrogens (tertiary/aromatic N) is 5. The summed E-state index contributed by atoms with van der Waals surface area (Å²) in [6, 6.07) is 15.5. The lowest BCUT2D eigenvalue weighted by molar-refractivity contribution is -0.118. The van der Waals surface area contributed by atoms with Crippen molar-refractivity contribution >= 4 is 22.6 Å². The van der Waals surface area contributed by atoms with E-state index in [4.69, 9.17) is 10.7 Å². The highest BCUT2D eigenvalue weighted by atomic mass is 16.1. The molecule has 8 heteroatoms. The number of rotatable bonds is 7. The average Bonchev–Trinajstić information content (AvgIpc) is 3.46. The Kier molecular flexibility index (Phi) is 7.01. The first-order valence-corrected chi connectivity index (χ1v) is 13.5. The van der Waals surface area contributed by atoms with Gasteiger partial charge in [0.25, 0.3) is 0 Å². The number of carbonyl (C=O) groups excluding carboxylic acids is 1. The molecule has 2 aromatic heterocycles. The largest absolute Gasteiger partial charge is 0.368 e. The number of nitrogens with one attached hydrogen (secondary N) is 1. The number of aromatic nitrogens is 4. The van der Waals surface area contributed by atoms with Crippen LogP contribution in [0.3, 0.4) is 0 Å². The molecular formula is C30H39N7O. The molecule has 0 spiro atoms. The van der Waals surface area contributed by atoms with Gasteiger partial charge >= 0.3 is 0 Å². The molecule has 1 aliphatic heterocycles. The minimum absolute atomic E-state index is 0.125. The lowest BCUT2D eigenvalue weighted by atomic mass is 9.87. The van der Waals surface area contributed by atoms with E-state index in [2.05, 4.69) is 89.9 Å². The Morgan fingerprint density at radius 2 is 1.87 bits per heavy atom. The van der Waals surface area contributed by atoms with E-state index < -0.39 is 0 Å². The number of aryl methyl sites for hydroxylation is 1. The van der Waals surface area contributed by atoms with Crippen LogP contribution in [0.5, 0.6) is 0 Å². The van der Waals surface area contributed by atoms with Crippen LogP contribution in [-0.4, -0.2) is 56.0 Å². The number of carbonyl (C=O) groups is 1. The third kappa shape index (κ3) is 5.31. The molecule has 2 aromatic carbocycles. The second-order valence-electron chi connectivity index (χ2n) is 11.4. The molecule has 200 valence electrons. The molecule has 1 saturated heterocycles. The van der Waals surface area contributed by atoms with Gasteiger partial charge in [-0.05, 0) is 36.5 Å². The molecule has 0 radical (unpaired) electrons. The topological polar surface area (TPSA) is 96.1 Å². The Morgan fingerprint density at radius 3 is 2.55 bits per heavy atom. The van der Waals surface area contributed by atoms with E-state index in [1.807, 2.05) is 17.7 Å². The summed E-state index contributed by atoms with van der Waals surface area (Å²) in [5.41, 5.74) is 12.2. The van der Waals surface area contributed by atoms with Gasteiger partial charge in [-0.25, -0.2) is 9.97 Å². The Bertz CT molecular complexity index is 1430. The molecule has 3 N–H and O–H groups in total. The van der Waals surface area contributed by atoms with Crippen LogP contribution in [0.2, 0.25) is 0 Å². The number of H-pyrrole nitrogens is 1. The van der Waals surface area contributed by atoms with Crippen molar-refractivity contribution in [1.82, 2.24) is 24.4 Å². The van der Waals surface area contributed by atoms with E-state index >= 15 is 0 Å². The average molecular weight is 514 g/mol. The molecule has 1 amide bonds. The predicted molar refractivity (Wildman–Crippen MR) is 153 cm³/mol. The summed E-state index contributed by atoms with van der Waals surface area (Å²) < 4.78 is 1.84. The minimum Gasteiger partial charge on any atom is -0.368 e. The van der Waals surface area contributed by atoms with Crippen molar-refractivity contribution in [2.24, 2.45) is 5.73 Å². The molecule has 5 rings (SSSR count). The summed E-state index contributed by atoms with van der Waals surface area (Å²) in [5.74, 6) is 1.37. The summed E-state index contributed by atoms with van der Waals surface area (Å²) >= 11 is 0. The van der Waals surface area contributed by atoms with Gasteiger partial charge in [0.2, 0.25) is 5.91 Å². The van der Waals surface area contributed by atoms with Gasteiger partial charge in [-0.3, -0.25) is 9.69 Å². The van der Waals surface area contributed by atoms with E-state index in [9.17, 15) is 4.79 Å². The fourth-order valence-corrected chi connectivity index (χ4v) is 5.44. The Balaban J connectivity index is 1.34. The van der Waals surface area contributed by atoms with Crippen molar-refractivity contribution in [3.63, 3.8) is 0 Å². The molecule has 0 bridgehead atoms. The Labute approximate surface area is 224 Å². The van der Waals surface area contributed by atoms with Gasteiger partial charge < -0.3 is 20.2 Å². The first kappa shape index (κ1) is 26.0. The van der Waals surface area contributed by atoms with E-state index in [-0.39, 0.29) is 17.9 Å². The van der Waals surface area contributed by atoms with Crippen LogP contribution in [0, 0.1) is 6.92 Å². The van der Waals surface area contributed by atoms with E-state index in [1.54, 1.807) is 0 Å². The van der Waals surface area contributed by atoms with Crippen LogP contribution in [0.25, 0.3) is 22.4 Å². The number of benzene rings is 2. The lowest BCUT2D eigenvalue weighted by Crippen LogP contribution is -2.52. The fourth-order valence-electron chi connectivity index (χ4n) is 5.44. The minimum atomic E-state index is -0.352. The number of hydrogen-bond acceptors (Lipinski definition) is 5. The zero-order valence-electron chi connectivity index (χ0n) is 23.2. The molecule has 0 aliphatic carbocycles. The van der Waals surface area contributed by atoms with E-state index in [0.29, 0.717) is 6.04 Å². The molecular weight excluding hydrogens is 474 g/mol. The van der Waals surface area contributed by atoms with Crippen molar-refractivity contribution in [2.75, 3.05) is 24.5 Å². The third-order valence-electron chi connectivity index (χ3n) is 7.65. The van der Waals surface area contributed by atoms with Crippen LogP contribution in [0.4, 0.5) is 5.69 Å². The van der Waals surface area contributed by atoms with Crippen molar-refractivity contribution in [3.8, 4) is 11.4 Å². The maximum atomic E-state index is 11.4. The number of amides is 1. The number of fused-ring (bicyclic) bond motifs is 1. The molecule has 1 atom stereocenters. The van der Waals surface area contributed by atoms with Gasteiger partial charge in [0.15, 0.2) is 0 Å². The summed E-state index contributed by atoms with van der Waals surface area (Å²) in [6.45, 7) is 14.6. The number of primary amides is 1. The smallest absolute Gasteiger partial charge is 0.237 e. The number of piperazine rings is 1. The Hall–Kier alpha value is -3.65. The van der Waals surface area contributed by atoms with Crippen LogP contribution in [-0.2, 0) is 23.3 Å². The monoisotopic (exact) mass is 513 g/mol. The van der Waals surface area contributed by atoms with Crippen molar-refractivity contribution < 1.29 is 4.79 Å². The van der Waals surface area contributed by atoms with Crippen molar-refractivity contribution in [3.05, 3.63) is 65.7 Å². The Morgan fingerprint density at radius 1 is 1.11 bits per heavy atom. The fraction of sp³-hybridized carbons (Fsp3) is 0.433. The summed E-state index contributed by atoms with van der Waals surface area (Å²) in [7, 11) is 0. The van der Waals surface area contributed by atoms with Gasteiger partial charge in [0.1, 0.15) is 18.2 Å². The maximum absolute atomic E-state index is 11.4. The van der Waals surface area contributed by atoms with E-state index in [0.717, 1.165) is 66.5 Å². The third-order valence-corrected chi connectivity index (χ3v) is 7.65. The second-order valence-corrected chi connectivity index (χ2v) is 11.4. The van der Waals surface area contributed by atoms with Crippen molar-refractivity contribution in [2.45, 2.75) is 65.6 Å². The number of hydrogen-bond donors (Lipinski definition) is 2. The van der Waals surface area contributed by atoms with Gasteiger partial charge in [-0.2, -0.15) is 0 Å². The normalized spacial score (nSPS) is 16.9. The molecule has 0 unspecified atom stereocenters. The number of imidazole rings is 2. The number of para-hydroxylation sites is 1. The molecule has 1 fully saturated rings. The maximum Gasteiger partial charge on any atom is 0.237 e. The van der Waals surface area contributed by atoms with Gasteiger partial charge in [0.05, 0.1) is 22.4 Å². The number of anilines is 1. The van der Waals surface area contributed by atoms with Crippen molar-refractivity contribution in [1.29, 1.82) is 0 Å². The number of aromatic amines is 1. The zero-order chi connectivity index (χ0) is 27.0.